The quantitative estimate of drug-likeness (QED) is 0.739. The van der Waals surface area contributed by atoms with E-state index >= 15 is 0 Å². The number of halogens is 2. The molecular weight excluding hydrogens is 369 g/mol. The van der Waals surface area contributed by atoms with E-state index in [9.17, 15) is 9.59 Å². The van der Waals surface area contributed by atoms with E-state index in [2.05, 4.69) is 5.32 Å². The average molecular weight is 384 g/mol. The summed E-state index contributed by atoms with van der Waals surface area (Å²) in [5, 5.41) is 3.22. The monoisotopic (exact) mass is 383 g/mol. The van der Waals surface area contributed by atoms with Gasteiger partial charge < -0.3 is 19.5 Å². The van der Waals surface area contributed by atoms with Gasteiger partial charge in [0, 0.05) is 5.69 Å². The molecule has 0 unspecified atom stereocenters. The molecule has 0 bridgehead atoms. The zero-order valence-electron chi connectivity index (χ0n) is 13.3. The minimum absolute atomic E-state index is 0.307. The molecule has 0 spiro atoms. The third kappa shape index (κ3) is 5.85. The number of hydrogen-bond donors (Lipinski definition) is 1. The summed E-state index contributed by atoms with van der Waals surface area (Å²) in [6, 6.07) is 11.5. The fourth-order valence-corrected chi connectivity index (χ4v) is 2.13. The Hall–Kier alpha value is -2.44. The zero-order chi connectivity index (χ0) is 18.2. The lowest BCUT2D eigenvalue weighted by molar-refractivity contribution is -0.149. The summed E-state index contributed by atoms with van der Waals surface area (Å²) < 4.78 is 15.3. The van der Waals surface area contributed by atoms with Crippen LogP contribution in [0.5, 0.6) is 11.5 Å². The maximum Gasteiger partial charge on any atom is 0.344 e. The smallest absolute Gasteiger partial charge is 0.344 e. The van der Waals surface area contributed by atoms with Crippen molar-refractivity contribution in [1.29, 1.82) is 0 Å². The second kappa shape index (κ2) is 9.15. The number of para-hydroxylation sites is 2. The van der Waals surface area contributed by atoms with Gasteiger partial charge in [-0.25, -0.2) is 4.79 Å². The number of ether oxygens (including phenoxy) is 3. The van der Waals surface area contributed by atoms with Crippen LogP contribution in [0.15, 0.2) is 42.5 Å². The molecule has 0 aliphatic heterocycles. The van der Waals surface area contributed by atoms with Crippen molar-refractivity contribution in [3.8, 4) is 11.5 Å². The van der Waals surface area contributed by atoms with Crippen molar-refractivity contribution in [2.24, 2.45) is 0 Å². The molecule has 8 heteroatoms. The highest BCUT2D eigenvalue weighted by Crippen LogP contribution is 2.26. The first-order valence-electron chi connectivity index (χ1n) is 7.16. The topological polar surface area (TPSA) is 73.9 Å². The lowest BCUT2D eigenvalue weighted by atomic mass is 10.3. The number of esters is 1. The van der Waals surface area contributed by atoms with Gasteiger partial charge >= 0.3 is 5.97 Å². The molecule has 0 fully saturated rings. The summed E-state index contributed by atoms with van der Waals surface area (Å²) in [6.45, 7) is -0.797. The van der Waals surface area contributed by atoms with Gasteiger partial charge in [-0.1, -0.05) is 35.3 Å². The number of benzene rings is 2. The van der Waals surface area contributed by atoms with Gasteiger partial charge in [0.15, 0.2) is 24.7 Å². The average Bonchev–Trinajstić information content (AvgIpc) is 2.61. The zero-order valence-corrected chi connectivity index (χ0v) is 14.8. The Morgan fingerprint density at radius 2 is 1.72 bits per heavy atom. The van der Waals surface area contributed by atoms with Crippen molar-refractivity contribution < 1.29 is 23.8 Å². The minimum Gasteiger partial charge on any atom is -0.493 e. The molecule has 2 aromatic carbocycles. The van der Waals surface area contributed by atoms with Crippen LogP contribution in [-0.2, 0) is 14.3 Å². The molecule has 1 amide bonds. The van der Waals surface area contributed by atoms with Gasteiger partial charge in [-0.2, -0.15) is 0 Å². The van der Waals surface area contributed by atoms with Crippen molar-refractivity contribution in [3.63, 3.8) is 0 Å². The molecular formula is C17H15Cl2NO5. The van der Waals surface area contributed by atoms with Crippen molar-refractivity contribution in [2.45, 2.75) is 0 Å². The van der Waals surface area contributed by atoms with Gasteiger partial charge in [-0.3, -0.25) is 4.79 Å². The van der Waals surface area contributed by atoms with Crippen molar-refractivity contribution >= 4 is 40.8 Å². The highest BCUT2D eigenvalue weighted by Gasteiger charge is 2.11. The van der Waals surface area contributed by atoms with E-state index < -0.39 is 18.5 Å². The summed E-state index contributed by atoms with van der Waals surface area (Å²) in [5.74, 6) is -0.297. The molecule has 2 aromatic rings. The molecule has 1 N–H and O–H groups in total. The number of nitrogens with one attached hydrogen (secondary N) is 1. The van der Waals surface area contributed by atoms with Crippen molar-refractivity contribution in [1.82, 2.24) is 0 Å². The van der Waals surface area contributed by atoms with Gasteiger partial charge in [-0.05, 0) is 30.3 Å². The van der Waals surface area contributed by atoms with Crippen molar-refractivity contribution in [2.75, 3.05) is 25.6 Å². The molecule has 0 radical (unpaired) electrons. The van der Waals surface area contributed by atoms with Crippen LogP contribution in [0.25, 0.3) is 0 Å². The third-order valence-corrected chi connectivity index (χ3v) is 3.72. The molecule has 25 heavy (non-hydrogen) atoms. The lowest BCUT2D eigenvalue weighted by Gasteiger charge is -2.10. The third-order valence-electron chi connectivity index (χ3n) is 2.98. The Bertz CT molecular complexity index is 766. The largest absolute Gasteiger partial charge is 0.493 e. The first-order valence-corrected chi connectivity index (χ1v) is 7.91. The number of rotatable bonds is 7. The van der Waals surface area contributed by atoms with E-state index in [0.29, 0.717) is 27.2 Å². The highest BCUT2D eigenvalue weighted by atomic mass is 35.5. The summed E-state index contributed by atoms with van der Waals surface area (Å²) in [6.07, 6.45) is 0. The molecule has 0 aliphatic rings. The van der Waals surface area contributed by atoms with Crippen LogP contribution >= 0.6 is 23.2 Å². The molecule has 0 aliphatic carbocycles. The van der Waals surface area contributed by atoms with Crippen LogP contribution in [0.4, 0.5) is 5.69 Å². The number of anilines is 1. The Labute approximate surface area is 154 Å². The molecule has 6 nitrogen and oxygen atoms in total. The molecule has 0 saturated heterocycles. The Morgan fingerprint density at radius 3 is 2.40 bits per heavy atom. The summed E-state index contributed by atoms with van der Waals surface area (Å²) in [4.78, 5) is 23.4. The van der Waals surface area contributed by atoms with Crippen molar-refractivity contribution in [3.05, 3.63) is 52.5 Å². The SMILES string of the molecule is COc1ccccc1OCC(=O)OCC(=O)Nc1ccc(Cl)c(Cl)c1. The standard InChI is InChI=1S/C17H15Cl2NO5/c1-23-14-4-2-3-5-15(14)24-10-17(22)25-9-16(21)20-11-6-7-12(18)13(19)8-11/h2-8H,9-10H2,1H3,(H,20,21). The van der Waals surface area contributed by atoms with Gasteiger partial charge in [0.2, 0.25) is 0 Å². The molecule has 0 atom stereocenters. The lowest BCUT2D eigenvalue weighted by Crippen LogP contribution is -2.23. The number of carbonyl (C=O) groups is 2. The normalized spacial score (nSPS) is 10.0. The van der Waals surface area contributed by atoms with Gasteiger partial charge in [-0.15, -0.1) is 0 Å². The predicted octanol–water partition coefficient (Wildman–Crippen LogP) is 3.56. The van der Waals surface area contributed by atoms with Crippen LogP contribution in [0.2, 0.25) is 10.0 Å². The summed E-state index contributed by atoms with van der Waals surface area (Å²) >= 11 is 11.6. The summed E-state index contributed by atoms with van der Waals surface area (Å²) in [5.41, 5.74) is 0.445. The first kappa shape index (κ1) is 18.9. The Morgan fingerprint density at radius 1 is 1.00 bits per heavy atom. The first-order chi connectivity index (χ1) is 12.0. The van der Waals surface area contributed by atoms with Gasteiger partial charge in [0.05, 0.1) is 17.2 Å². The number of amides is 1. The molecule has 132 valence electrons. The Balaban J connectivity index is 1.77. The molecule has 2 rings (SSSR count). The van der Waals surface area contributed by atoms with Gasteiger partial charge in [0.25, 0.3) is 5.91 Å². The van der Waals surface area contributed by atoms with Crippen LogP contribution in [0, 0.1) is 0 Å². The number of hydrogen-bond acceptors (Lipinski definition) is 5. The van der Waals surface area contributed by atoms with E-state index in [1.807, 2.05) is 0 Å². The second-order valence-electron chi connectivity index (χ2n) is 4.78. The molecule has 0 aromatic heterocycles. The summed E-state index contributed by atoms with van der Waals surface area (Å²) in [7, 11) is 1.49. The van der Waals surface area contributed by atoms with Crippen LogP contribution in [0.3, 0.4) is 0 Å². The van der Waals surface area contributed by atoms with Gasteiger partial charge in [0.1, 0.15) is 0 Å². The number of carbonyl (C=O) groups excluding carboxylic acids is 2. The van der Waals surface area contributed by atoms with Crippen LogP contribution in [-0.4, -0.2) is 32.2 Å². The minimum atomic E-state index is -0.685. The van der Waals surface area contributed by atoms with Crippen LogP contribution in [0.1, 0.15) is 0 Å². The van der Waals surface area contributed by atoms with E-state index in [0.717, 1.165) is 0 Å². The van der Waals surface area contributed by atoms with E-state index in [4.69, 9.17) is 37.4 Å². The van der Waals surface area contributed by atoms with E-state index in [1.54, 1.807) is 36.4 Å². The highest BCUT2D eigenvalue weighted by molar-refractivity contribution is 6.42. The van der Waals surface area contributed by atoms with E-state index in [-0.39, 0.29) is 6.61 Å². The second-order valence-corrected chi connectivity index (χ2v) is 5.59. The van der Waals surface area contributed by atoms with E-state index in [1.165, 1.54) is 13.2 Å². The fraction of sp³-hybridized carbons (Fsp3) is 0.176. The number of methoxy groups -OCH3 is 1. The maximum absolute atomic E-state index is 11.8. The Kier molecular flexibility index (Phi) is 6.91. The predicted molar refractivity (Wildman–Crippen MR) is 94.5 cm³/mol. The van der Waals surface area contributed by atoms with Crippen LogP contribution < -0.4 is 14.8 Å². The molecule has 0 saturated carbocycles. The maximum atomic E-state index is 11.8. The molecule has 0 heterocycles. The fourth-order valence-electron chi connectivity index (χ4n) is 1.83.